The van der Waals surface area contributed by atoms with Crippen LogP contribution < -0.4 is 5.32 Å². The van der Waals surface area contributed by atoms with Crippen LogP contribution in [0.15, 0.2) is 28.9 Å². The number of rotatable bonds is 4. The molecule has 2 N–H and O–H groups in total. The lowest BCUT2D eigenvalue weighted by Gasteiger charge is -2.08. The highest BCUT2D eigenvalue weighted by molar-refractivity contribution is 7.14. The molecule has 2 heterocycles. The number of aliphatic hydroxyl groups excluding tert-OH is 1. The zero-order chi connectivity index (χ0) is 14.7. The normalized spacial score (nSPS) is 16.0. The molecular weight excluding hydrogens is 286 g/mol. The van der Waals surface area contributed by atoms with E-state index in [1.807, 2.05) is 6.07 Å². The zero-order valence-electron chi connectivity index (χ0n) is 11.8. The van der Waals surface area contributed by atoms with Gasteiger partial charge < -0.3 is 14.8 Å². The standard InChI is InChI=1S/C16H19NO3S/c18-12(13-6-4-8-20-13)10-17-16(19)15-9-11-5-2-1-3-7-14(11)21-15/h4,6,8-9,12,18H,1-3,5,7,10H2,(H,17,19)/t12-/m1/s1. The molecule has 0 saturated carbocycles. The fraction of sp³-hybridized carbons (Fsp3) is 0.438. The van der Waals surface area contributed by atoms with Crippen LogP contribution in [0.5, 0.6) is 0 Å². The second kappa shape index (κ2) is 6.45. The molecule has 0 bridgehead atoms. The van der Waals surface area contributed by atoms with Crippen LogP contribution in [0.4, 0.5) is 0 Å². The quantitative estimate of drug-likeness (QED) is 0.853. The van der Waals surface area contributed by atoms with Crippen LogP contribution in [-0.4, -0.2) is 17.6 Å². The predicted molar refractivity (Wildman–Crippen MR) is 81.6 cm³/mol. The van der Waals surface area contributed by atoms with Crippen LogP contribution in [0.1, 0.15) is 51.2 Å². The van der Waals surface area contributed by atoms with Crippen molar-refractivity contribution in [3.8, 4) is 0 Å². The Kier molecular flexibility index (Phi) is 4.41. The van der Waals surface area contributed by atoms with E-state index in [1.165, 1.54) is 36.0 Å². The molecular formula is C16H19NO3S. The van der Waals surface area contributed by atoms with Crippen molar-refractivity contribution in [1.29, 1.82) is 0 Å². The number of hydrogen-bond donors (Lipinski definition) is 2. The Balaban J connectivity index is 1.60. The maximum atomic E-state index is 12.2. The third-order valence-corrected chi connectivity index (χ3v) is 5.03. The average Bonchev–Trinajstić information content (AvgIpc) is 3.11. The number of hydrogen-bond acceptors (Lipinski definition) is 4. The van der Waals surface area contributed by atoms with Crippen molar-refractivity contribution in [2.75, 3.05) is 6.54 Å². The first-order valence-corrected chi connectivity index (χ1v) is 8.17. The first kappa shape index (κ1) is 14.4. The topological polar surface area (TPSA) is 62.5 Å². The van der Waals surface area contributed by atoms with Gasteiger partial charge in [0.15, 0.2) is 0 Å². The molecule has 5 heteroatoms. The molecule has 4 nitrogen and oxygen atoms in total. The number of amides is 1. The Bertz CT molecular complexity index is 580. The second-order valence-electron chi connectivity index (χ2n) is 5.36. The molecule has 112 valence electrons. The molecule has 1 amide bonds. The van der Waals surface area contributed by atoms with Crippen LogP contribution >= 0.6 is 11.3 Å². The molecule has 3 rings (SSSR count). The molecule has 0 aliphatic heterocycles. The van der Waals surface area contributed by atoms with Crippen LogP contribution in [0, 0.1) is 0 Å². The van der Waals surface area contributed by atoms with Gasteiger partial charge in [-0.1, -0.05) is 6.42 Å². The van der Waals surface area contributed by atoms with Crippen molar-refractivity contribution < 1.29 is 14.3 Å². The number of aliphatic hydroxyl groups is 1. The van der Waals surface area contributed by atoms with Crippen LogP contribution in [0.25, 0.3) is 0 Å². The third-order valence-electron chi connectivity index (χ3n) is 3.80. The molecule has 21 heavy (non-hydrogen) atoms. The second-order valence-corrected chi connectivity index (χ2v) is 6.50. The van der Waals surface area contributed by atoms with E-state index in [1.54, 1.807) is 23.5 Å². The summed E-state index contributed by atoms with van der Waals surface area (Å²) in [5.74, 6) is 0.357. The highest BCUT2D eigenvalue weighted by Crippen LogP contribution is 2.29. The summed E-state index contributed by atoms with van der Waals surface area (Å²) in [6.07, 6.45) is 6.57. The summed E-state index contributed by atoms with van der Waals surface area (Å²) in [7, 11) is 0. The van der Waals surface area contributed by atoms with Crippen LogP contribution in [0.3, 0.4) is 0 Å². The molecule has 0 saturated heterocycles. The van der Waals surface area contributed by atoms with E-state index in [2.05, 4.69) is 5.32 Å². The number of fused-ring (bicyclic) bond motifs is 1. The number of carbonyl (C=O) groups is 1. The van der Waals surface area contributed by atoms with Crippen molar-refractivity contribution in [3.05, 3.63) is 45.5 Å². The van der Waals surface area contributed by atoms with E-state index in [0.29, 0.717) is 5.76 Å². The summed E-state index contributed by atoms with van der Waals surface area (Å²) in [4.78, 5) is 14.3. The largest absolute Gasteiger partial charge is 0.467 e. The van der Waals surface area contributed by atoms with Crippen molar-refractivity contribution in [2.45, 2.75) is 38.2 Å². The van der Waals surface area contributed by atoms with Gasteiger partial charge in [-0.3, -0.25) is 4.79 Å². The number of carbonyl (C=O) groups excluding carboxylic acids is 1. The van der Waals surface area contributed by atoms with E-state index < -0.39 is 6.10 Å². The van der Waals surface area contributed by atoms with Gasteiger partial charge in [0.2, 0.25) is 0 Å². The average molecular weight is 305 g/mol. The summed E-state index contributed by atoms with van der Waals surface area (Å²) < 4.78 is 5.11. The van der Waals surface area contributed by atoms with E-state index in [0.717, 1.165) is 17.7 Å². The van der Waals surface area contributed by atoms with Crippen molar-refractivity contribution in [3.63, 3.8) is 0 Å². The summed E-state index contributed by atoms with van der Waals surface area (Å²) in [6, 6.07) is 5.43. The maximum Gasteiger partial charge on any atom is 0.261 e. The van der Waals surface area contributed by atoms with Crippen molar-refractivity contribution in [1.82, 2.24) is 5.32 Å². The molecule has 0 spiro atoms. The van der Waals surface area contributed by atoms with Gasteiger partial charge in [0.25, 0.3) is 5.91 Å². The van der Waals surface area contributed by atoms with Crippen LogP contribution in [-0.2, 0) is 12.8 Å². The molecule has 0 fully saturated rings. The monoisotopic (exact) mass is 305 g/mol. The Morgan fingerprint density at radius 3 is 3.05 bits per heavy atom. The molecule has 1 aliphatic carbocycles. The van der Waals surface area contributed by atoms with Gasteiger partial charge in [0.1, 0.15) is 11.9 Å². The minimum absolute atomic E-state index is 0.112. The molecule has 1 aliphatic rings. The molecule has 1 atom stereocenters. The number of furan rings is 1. The minimum atomic E-state index is -0.804. The smallest absolute Gasteiger partial charge is 0.261 e. The van der Waals surface area contributed by atoms with Crippen molar-refractivity contribution >= 4 is 17.2 Å². The van der Waals surface area contributed by atoms with Gasteiger partial charge in [-0.15, -0.1) is 11.3 Å². The van der Waals surface area contributed by atoms with E-state index in [4.69, 9.17) is 4.42 Å². The first-order valence-electron chi connectivity index (χ1n) is 7.35. The van der Waals surface area contributed by atoms with Gasteiger partial charge in [0.05, 0.1) is 17.7 Å². The first-order chi connectivity index (χ1) is 10.2. The van der Waals surface area contributed by atoms with Crippen LogP contribution in [0.2, 0.25) is 0 Å². The lowest BCUT2D eigenvalue weighted by atomic mass is 10.1. The number of thiophene rings is 1. The summed E-state index contributed by atoms with van der Waals surface area (Å²) in [5.41, 5.74) is 1.33. The highest BCUT2D eigenvalue weighted by Gasteiger charge is 2.18. The summed E-state index contributed by atoms with van der Waals surface area (Å²) in [5, 5.41) is 12.7. The SMILES string of the molecule is O=C(NC[C@@H](O)c1ccco1)c1cc2c(s1)CCCCC2. The minimum Gasteiger partial charge on any atom is -0.467 e. The Morgan fingerprint density at radius 2 is 2.24 bits per heavy atom. The predicted octanol–water partition coefficient (Wildman–Crippen LogP) is 3.07. The van der Waals surface area contributed by atoms with E-state index >= 15 is 0 Å². The molecule has 0 aromatic carbocycles. The van der Waals surface area contributed by atoms with Crippen molar-refractivity contribution in [2.24, 2.45) is 0 Å². The Hall–Kier alpha value is -1.59. The fourth-order valence-electron chi connectivity index (χ4n) is 2.64. The summed E-state index contributed by atoms with van der Waals surface area (Å²) >= 11 is 1.59. The number of aryl methyl sites for hydroxylation is 2. The molecule has 0 unspecified atom stereocenters. The lowest BCUT2D eigenvalue weighted by molar-refractivity contribution is 0.0905. The summed E-state index contributed by atoms with van der Waals surface area (Å²) in [6.45, 7) is 0.162. The Labute approximate surface area is 127 Å². The van der Waals surface area contributed by atoms with Gasteiger partial charge in [-0.05, 0) is 49.4 Å². The molecule has 2 aromatic heterocycles. The fourth-order valence-corrected chi connectivity index (χ4v) is 3.81. The number of nitrogens with one attached hydrogen (secondary N) is 1. The maximum absolute atomic E-state index is 12.2. The van der Waals surface area contributed by atoms with Gasteiger partial charge >= 0.3 is 0 Å². The van der Waals surface area contributed by atoms with E-state index in [-0.39, 0.29) is 12.5 Å². The highest BCUT2D eigenvalue weighted by atomic mass is 32.1. The molecule has 0 radical (unpaired) electrons. The Morgan fingerprint density at radius 1 is 1.38 bits per heavy atom. The molecule has 2 aromatic rings. The van der Waals surface area contributed by atoms with Gasteiger partial charge in [-0.25, -0.2) is 0 Å². The zero-order valence-corrected chi connectivity index (χ0v) is 12.6. The van der Waals surface area contributed by atoms with E-state index in [9.17, 15) is 9.90 Å². The lowest BCUT2D eigenvalue weighted by Crippen LogP contribution is -2.27. The van der Waals surface area contributed by atoms with Gasteiger partial charge in [0, 0.05) is 4.88 Å². The third kappa shape index (κ3) is 3.36. The van der Waals surface area contributed by atoms with Gasteiger partial charge in [-0.2, -0.15) is 0 Å².